The molecule has 62 heavy (non-hydrogen) atoms. The zero-order chi connectivity index (χ0) is 46.9. The van der Waals surface area contributed by atoms with Crippen LogP contribution in [0.1, 0.15) is 40.0 Å². The highest BCUT2D eigenvalue weighted by Crippen LogP contribution is 2.39. The molecule has 29 heteroatoms. The lowest BCUT2D eigenvalue weighted by molar-refractivity contribution is -0.426. The Hall–Kier alpha value is -3.09. The Morgan fingerprint density at radius 1 is 0.694 bits per heavy atom. The lowest BCUT2D eigenvalue weighted by Crippen LogP contribution is -2.71. The van der Waals surface area contributed by atoms with Gasteiger partial charge in [-0.05, 0) is 0 Å². The van der Waals surface area contributed by atoms with Crippen LogP contribution in [0.3, 0.4) is 0 Å². The molecular formula is C33H53IN4O24. The quantitative estimate of drug-likeness (QED) is 0.0220. The van der Waals surface area contributed by atoms with Gasteiger partial charge in [0.1, 0.15) is 43.4 Å². The second-order valence-electron chi connectivity index (χ2n) is 14.5. The number of amides is 3. The molecule has 3 rings (SSSR count). The molecule has 0 aliphatic carbocycles. The van der Waals surface area contributed by atoms with Crippen molar-refractivity contribution in [1.82, 2.24) is 21.4 Å². The van der Waals surface area contributed by atoms with Crippen molar-refractivity contribution in [1.29, 1.82) is 0 Å². The van der Waals surface area contributed by atoms with E-state index in [4.69, 9.17) is 33.3 Å². The molecule has 15 N–H and O–H groups in total. The van der Waals surface area contributed by atoms with E-state index in [-0.39, 0.29) is 4.43 Å². The maximum Gasteiger partial charge on any atom is 0.364 e. The van der Waals surface area contributed by atoms with Crippen molar-refractivity contribution in [3.63, 3.8) is 0 Å². The van der Waals surface area contributed by atoms with Crippen LogP contribution >= 0.6 is 22.6 Å². The van der Waals surface area contributed by atoms with Crippen LogP contribution in [-0.4, -0.2) is 219 Å². The summed E-state index contributed by atoms with van der Waals surface area (Å²) in [4.78, 5) is 78.7. The summed E-state index contributed by atoms with van der Waals surface area (Å²) in [6, 6.07) is -4.82. The maximum absolute atomic E-state index is 13.1. The van der Waals surface area contributed by atoms with Crippen molar-refractivity contribution in [2.45, 2.75) is 137 Å². The van der Waals surface area contributed by atoms with Crippen LogP contribution in [0.2, 0.25) is 0 Å². The van der Waals surface area contributed by atoms with E-state index in [0.717, 1.165) is 20.8 Å². The summed E-state index contributed by atoms with van der Waals surface area (Å²) in [5, 5.41) is 125. The minimum atomic E-state index is -3.26. The van der Waals surface area contributed by atoms with E-state index < -0.39 is 178 Å². The Morgan fingerprint density at radius 3 is 1.53 bits per heavy atom. The van der Waals surface area contributed by atoms with Crippen LogP contribution in [-0.2, 0) is 62.0 Å². The van der Waals surface area contributed by atoms with Crippen LogP contribution in [0, 0.1) is 0 Å². The predicted molar refractivity (Wildman–Crippen MR) is 202 cm³/mol. The Labute approximate surface area is 364 Å². The molecular weight excluding hydrogens is 963 g/mol. The van der Waals surface area contributed by atoms with Crippen molar-refractivity contribution in [3.8, 4) is 0 Å². The zero-order valence-electron chi connectivity index (χ0n) is 33.3. The summed E-state index contributed by atoms with van der Waals surface area (Å²) in [6.45, 7) is -1.44. The van der Waals surface area contributed by atoms with Gasteiger partial charge in [0.2, 0.25) is 17.7 Å². The molecule has 3 saturated heterocycles. The number of carbonyl (C=O) groups excluding carboxylic acids is 4. The number of rotatable bonds is 21. The number of aliphatic hydroxyl groups is 9. The third kappa shape index (κ3) is 13.0. The van der Waals surface area contributed by atoms with Crippen molar-refractivity contribution in [2.75, 3.05) is 31.0 Å². The third-order valence-corrected chi connectivity index (χ3v) is 10.5. The molecule has 356 valence electrons. The standard InChI is InChI=1S/C33H53IN4O24/c1-12(42)36-22-15(45)4-31(29(51)52,57-18(22)8-35-62-21(48)7-34)58-19(9-39)25(49)27-23(37-13(2)43)16(46)5-32(60-27,30(53)54)59-20(10-40)26(50)28-24(38-14(3)44)17(47)6-33(55,61-28)56-11-41/h15-20,22-28,35,39-41,45-47,49-50,55H,4-11H2,1-3H3,(H,36,42)(H,37,43)(H,38,44)(H,51,52)(H,53,54). The molecule has 0 aromatic carbocycles. The molecule has 3 heterocycles. The average Bonchev–Trinajstić information content (AvgIpc) is 3.18. The highest BCUT2D eigenvalue weighted by Gasteiger charge is 2.61. The Balaban J connectivity index is 2.04. The van der Waals surface area contributed by atoms with Crippen LogP contribution in [0.15, 0.2) is 0 Å². The summed E-state index contributed by atoms with van der Waals surface area (Å²) >= 11 is 1.68. The minimum Gasteiger partial charge on any atom is -0.477 e. The normalized spacial score (nSPS) is 35.7. The van der Waals surface area contributed by atoms with E-state index in [1.807, 2.05) is 0 Å². The van der Waals surface area contributed by atoms with Gasteiger partial charge < -0.3 is 105 Å². The summed E-state index contributed by atoms with van der Waals surface area (Å²) < 4.78 is 32.6. The Bertz CT molecular complexity index is 1590. The number of carboxylic acids is 2. The van der Waals surface area contributed by atoms with Gasteiger partial charge in [-0.1, -0.05) is 22.6 Å². The zero-order valence-corrected chi connectivity index (χ0v) is 35.4. The lowest BCUT2D eigenvalue weighted by Gasteiger charge is -2.50. The Morgan fingerprint density at radius 2 is 1.11 bits per heavy atom. The molecule has 0 bridgehead atoms. The number of hydrogen-bond acceptors (Lipinski definition) is 23. The van der Waals surface area contributed by atoms with Crippen LogP contribution in [0.5, 0.6) is 0 Å². The van der Waals surface area contributed by atoms with E-state index in [0.29, 0.717) is 0 Å². The highest BCUT2D eigenvalue weighted by atomic mass is 127. The van der Waals surface area contributed by atoms with Gasteiger partial charge in [-0.3, -0.25) is 14.4 Å². The first-order valence-electron chi connectivity index (χ1n) is 18.7. The van der Waals surface area contributed by atoms with Crippen molar-refractivity contribution < 1.29 is 118 Å². The maximum atomic E-state index is 13.1. The van der Waals surface area contributed by atoms with Gasteiger partial charge in [-0.2, -0.15) is 5.48 Å². The number of aliphatic carboxylic acids is 2. The number of ether oxygens (including phenoxy) is 6. The highest BCUT2D eigenvalue weighted by molar-refractivity contribution is 14.1. The predicted octanol–water partition coefficient (Wildman–Crippen LogP) is -7.92. The first-order valence-corrected chi connectivity index (χ1v) is 20.2. The first kappa shape index (κ1) is 53.2. The summed E-state index contributed by atoms with van der Waals surface area (Å²) in [7, 11) is 0. The number of halogens is 1. The summed E-state index contributed by atoms with van der Waals surface area (Å²) in [6.07, 6.45) is -23.9. The molecule has 3 aliphatic rings. The molecule has 16 unspecified atom stereocenters. The minimum absolute atomic E-state index is 0.123. The fourth-order valence-electron chi connectivity index (χ4n) is 7.20. The van der Waals surface area contributed by atoms with Crippen LogP contribution < -0.4 is 21.4 Å². The number of hydrogen-bond donors (Lipinski definition) is 15. The fourth-order valence-corrected chi connectivity index (χ4v) is 7.36. The molecule has 3 amide bonds. The number of carbonyl (C=O) groups is 6. The van der Waals surface area contributed by atoms with Gasteiger partial charge in [0.15, 0.2) is 0 Å². The molecule has 16 atom stereocenters. The second-order valence-corrected chi connectivity index (χ2v) is 15.3. The monoisotopic (exact) mass is 1020 g/mol. The lowest BCUT2D eigenvalue weighted by atomic mass is 9.87. The summed E-state index contributed by atoms with van der Waals surface area (Å²) in [5.41, 5.74) is 2.22. The van der Waals surface area contributed by atoms with E-state index in [2.05, 4.69) is 21.4 Å². The van der Waals surface area contributed by atoms with Gasteiger partial charge in [0.25, 0.3) is 17.5 Å². The van der Waals surface area contributed by atoms with E-state index in [1.54, 1.807) is 22.6 Å². The largest absolute Gasteiger partial charge is 0.477 e. The van der Waals surface area contributed by atoms with Gasteiger partial charge >= 0.3 is 17.9 Å². The van der Waals surface area contributed by atoms with Crippen LogP contribution in [0.4, 0.5) is 0 Å². The van der Waals surface area contributed by atoms with E-state index >= 15 is 0 Å². The average molecular weight is 1020 g/mol. The van der Waals surface area contributed by atoms with E-state index in [1.165, 1.54) is 0 Å². The molecule has 0 radical (unpaired) electrons. The second kappa shape index (κ2) is 22.7. The molecule has 0 aromatic heterocycles. The smallest absolute Gasteiger partial charge is 0.364 e. The number of carboxylic acid groups (broad SMARTS) is 2. The number of aliphatic hydroxyl groups excluding tert-OH is 8. The van der Waals surface area contributed by atoms with E-state index in [9.17, 15) is 84.9 Å². The number of alkyl halides is 1. The first-order chi connectivity index (χ1) is 28.9. The SMILES string of the molecule is CC(=O)NC1C(O)CC(OC(CO)C(O)C2OC(OC(CO)C(O)C3OC(O)(OCO)CC(O)C3NC(C)=O)(C(=O)O)CC(O)C2NC(C)=O)(C(=O)O)OC1CNOC(=O)CI. The van der Waals surface area contributed by atoms with Crippen molar-refractivity contribution in [2.24, 2.45) is 0 Å². The Kier molecular flexibility index (Phi) is 19.5. The summed E-state index contributed by atoms with van der Waals surface area (Å²) in [5.74, 6) is -16.4. The topological polar surface area (TPSA) is 438 Å². The molecule has 3 fully saturated rings. The van der Waals surface area contributed by atoms with Gasteiger partial charge in [-0.15, -0.1) is 0 Å². The van der Waals surface area contributed by atoms with Gasteiger partial charge in [-0.25, -0.2) is 14.4 Å². The fraction of sp³-hybridized carbons (Fsp3) is 0.818. The van der Waals surface area contributed by atoms with Crippen molar-refractivity contribution >= 4 is 58.2 Å². The number of hydroxylamine groups is 1. The van der Waals surface area contributed by atoms with Crippen LogP contribution in [0.25, 0.3) is 0 Å². The van der Waals surface area contributed by atoms with Crippen molar-refractivity contribution in [3.05, 3.63) is 0 Å². The molecule has 0 aromatic rings. The third-order valence-electron chi connectivity index (χ3n) is 9.87. The van der Waals surface area contributed by atoms with Gasteiger partial charge in [0.05, 0.1) is 73.1 Å². The molecule has 0 saturated carbocycles. The molecule has 0 spiro atoms. The van der Waals surface area contributed by atoms with Gasteiger partial charge in [0, 0.05) is 33.6 Å². The number of nitrogens with one attached hydrogen (secondary N) is 4. The molecule has 3 aliphatic heterocycles. The molecule has 28 nitrogen and oxygen atoms in total.